The van der Waals surface area contributed by atoms with Crippen LogP contribution in [-0.4, -0.2) is 23.5 Å². The van der Waals surface area contributed by atoms with Gasteiger partial charge in [-0.1, -0.05) is 0 Å². The Morgan fingerprint density at radius 1 is 0.893 bits per heavy atom. The maximum absolute atomic E-state index is 13.2. The molecule has 0 saturated carbocycles. The van der Waals surface area contributed by atoms with Gasteiger partial charge in [0.25, 0.3) is 10.0 Å². The largest absolute Gasteiger partial charge is 0.332 e. The Hall–Kier alpha value is -3.18. The number of nitrogens with one attached hydrogen (secondary N) is 3. The standard InChI is InChI=1S/C17H13F2N5O2S2/c18-14-7-4-12(10-15(14)19)23-17(27)22-11-2-5-13(6-3-11)28(25,26)24-16-20-8-1-9-21-16/h1-10H,(H,20,21,24)(H2,22,23,27). The van der Waals surface area contributed by atoms with Crippen LogP contribution in [0.25, 0.3) is 0 Å². The predicted octanol–water partition coefficient (Wildman–Crippen LogP) is 3.36. The molecular weight excluding hydrogens is 408 g/mol. The Labute approximate surface area is 164 Å². The molecule has 0 radical (unpaired) electrons. The van der Waals surface area contributed by atoms with E-state index in [4.69, 9.17) is 12.2 Å². The van der Waals surface area contributed by atoms with Gasteiger partial charge in [-0.25, -0.2) is 31.9 Å². The molecule has 0 spiro atoms. The van der Waals surface area contributed by atoms with Gasteiger partial charge in [0.15, 0.2) is 16.7 Å². The van der Waals surface area contributed by atoms with Crippen LogP contribution in [0, 0.1) is 11.6 Å². The van der Waals surface area contributed by atoms with Gasteiger partial charge in [-0.15, -0.1) is 0 Å². The third kappa shape index (κ3) is 4.96. The van der Waals surface area contributed by atoms with Crippen molar-refractivity contribution in [2.75, 3.05) is 15.4 Å². The lowest BCUT2D eigenvalue weighted by atomic mass is 10.3. The van der Waals surface area contributed by atoms with Crippen molar-refractivity contribution in [2.45, 2.75) is 4.90 Å². The third-order valence-electron chi connectivity index (χ3n) is 3.39. The van der Waals surface area contributed by atoms with Crippen LogP contribution in [-0.2, 0) is 10.0 Å². The summed E-state index contributed by atoms with van der Waals surface area (Å²) in [4.78, 5) is 7.62. The molecule has 0 saturated heterocycles. The SMILES string of the molecule is O=S(=O)(Nc1ncccn1)c1ccc(NC(=S)Nc2ccc(F)c(F)c2)cc1. The highest BCUT2D eigenvalue weighted by atomic mass is 32.2. The van der Waals surface area contributed by atoms with E-state index in [0.29, 0.717) is 5.69 Å². The van der Waals surface area contributed by atoms with Gasteiger partial charge in [-0.2, -0.15) is 0 Å². The summed E-state index contributed by atoms with van der Waals surface area (Å²) in [6, 6.07) is 10.6. The van der Waals surface area contributed by atoms with Crippen molar-refractivity contribution < 1.29 is 17.2 Å². The van der Waals surface area contributed by atoms with Gasteiger partial charge in [0.2, 0.25) is 5.95 Å². The van der Waals surface area contributed by atoms with E-state index in [9.17, 15) is 17.2 Å². The molecule has 0 aliphatic heterocycles. The van der Waals surface area contributed by atoms with Crippen LogP contribution in [0.2, 0.25) is 0 Å². The van der Waals surface area contributed by atoms with Crippen molar-refractivity contribution in [3.05, 3.63) is 72.6 Å². The molecule has 3 N–H and O–H groups in total. The van der Waals surface area contributed by atoms with E-state index in [0.717, 1.165) is 12.1 Å². The number of nitrogens with zero attached hydrogens (tertiary/aromatic N) is 2. The second-order valence-electron chi connectivity index (χ2n) is 5.41. The van der Waals surface area contributed by atoms with Gasteiger partial charge in [-0.3, -0.25) is 0 Å². The van der Waals surface area contributed by atoms with Gasteiger partial charge in [0.05, 0.1) is 4.90 Å². The number of hydrogen-bond acceptors (Lipinski definition) is 5. The lowest BCUT2D eigenvalue weighted by Gasteiger charge is -2.11. The molecule has 144 valence electrons. The molecule has 28 heavy (non-hydrogen) atoms. The summed E-state index contributed by atoms with van der Waals surface area (Å²) in [5, 5.41) is 5.64. The molecular formula is C17H13F2N5O2S2. The van der Waals surface area contributed by atoms with Crippen LogP contribution in [0.3, 0.4) is 0 Å². The number of rotatable bonds is 5. The summed E-state index contributed by atoms with van der Waals surface area (Å²) >= 11 is 5.10. The highest BCUT2D eigenvalue weighted by molar-refractivity contribution is 7.92. The van der Waals surface area contributed by atoms with Crippen molar-refractivity contribution in [2.24, 2.45) is 0 Å². The highest BCUT2D eigenvalue weighted by Gasteiger charge is 2.15. The monoisotopic (exact) mass is 421 g/mol. The fourth-order valence-corrected chi connectivity index (χ4v) is 3.31. The summed E-state index contributed by atoms with van der Waals surface area (Å²) in [5.74, 6) is -2.00. The lowest BCUT2D eigenvalue weighted by molar-refractivity contribution is 0.509. The Kier molecular flexibility index (Phi) is 5.76. The molecule has 3 aromatic rings. The van der Waals surface area contributed by atoms with E-state index in [1.165, 1.54) is 42.7 Å². The van der Waals surface area contributed by atoms with Gasteiger partial charge in [0.1, 0.15) is 0 Å². The summed E-state index contributed by atoms with van der Waals surface area (Å²) in [6.07, 6.45) is 2.83. The quantitative estimate of drug-likeness (QED) is 0.544. The summed E-state index contributed by atoms with van der Waals surface area (Å²) in [6.45, 7) is 0. The van der Waals surface area contributed by atoms with E-state index < -0.39 is 21.7 Å². The van der Waals surface area contributed by atoms with Crippen molar-refractivity contribution in [1.82, 2.24) is 9.97 Å². The summed E-state index contributed by atoms with van der Waals surface area (Å²) in [5.41, 5.74) is 0.762. The zero-order valence-corrected chi connectivity index (χ0v) is 15.7. The number of halogens is 2. The molecule has 0 bridgehead atoms. The van der Waals surface area contributed by atoms with E-state index in [1.54, 1.807) is 6.07 Å². The van der Waals surface area contributed by atoms with Gasteiger partial charge in [0, 0.05) is 29.8 Å². The molecule has 0 amide bonds. The number of benzene rings is 2. The first-order valence-electron chi connectivity index (χ1n) is 7.76. The Bertz CT molecular complexity index is 1090. The fourth-order valence-electron chi connectivity index (χ4n) is 2.12. The lowest BCUT2D eigenvalue weighted by Crippen LogP contribution is -2.19. The van der Waals surface area contributed by atoms with E-state index in [2.05, 4.69) is 25.3 Å². The molecule has 0 fully saturated rings. The van der Waals surface area contributed by atoms with Gasteiger partial charge >= 0.3 is 0 Å². The minimum atomic E-state index is -3.84. The minimum absolute atomic E-state index is 0.00462. The van der Waals surface area contributed by atoms with Crippen LogP contribution in [0.5, 0.6) is 0 Å². The minimum Gasteiger partial charge on any atom is -0.332 e. The maximum atomic E-state index is 13.2. The second kappa shape index (κ2) is 8.23. The van der Waals surface area contributed by atoms with Gasteiger partial charge < -0.3 is 10.6 Å². The van der Waals surface area contributed by atoms with Crippen LogP contribution in [0.1, 0.15) is 0 Å². The van der Waals surface area contributed by atoms with Crippen molar-refractivity contribution in [3.63, 3.8) is 0 Å². The Morgan fingerprint density at radius 3 is 2.14 bits per heavy atom. The molecule has 1 heterocycles. The van der Waals surface area contributed by atoms with Gasteiger partial charge in [-0.05, 0) is 54.7 Å². The van der Waals surface area contributed by atoms with E-state index in [1.807, 2.05) is 0 Å². The van der Waals surface area contributed by atoms with Crippen LogP contribution in [0.15, 0.2) is 65.8 Å². The number of anilines is 3. The molecule has 2 aromatic carbocycles. The number of hydrogen-bond donors (Lipinski definition) is 3. The van der Waals surface area contributed by atoms with Crippen molar-refractivity contribution >= 4 is 44.7 Å². The predicted molar refractivity (Wildman–Crippen MR) is 105 cm³/mol. The van der Waals surface area contributed by atoms with Crippen molar-refractivity contribution in [3.8, 4) is 0 Å². The Morgan fingerprint density at radius 2 is 1.50 bits per heavy atom. The first-order chi connectivity index (χ1) is 13.3. The molecule has 7 nitrogen and oxygen atoms in total. The average Bonchev–Trinajstić information content (AvgIpc) is 2.65. The van der Waals surface area contributed by atoms with E-state index >= 15 is 0 Å². The Balaban J connectivity index is 1.65. The summed E-state index contributed by atoms with van der Waals surface area (Å²) in [7, 11) is -3.84. The number of sulfonamides is 1. The average molecular weight is 421 g/mol. The van der Waals surface area contributed by atoms with Crippen LogP contribution >= 0.6 is 12.2 Å². The smallest absolute Gasteiger partial charge is 0.264 e. The van der Waals surface area contributed by atoms with Crippen molar-refractivity contribution in [1.29, 1.82) is 0 Å². The first kappa shape index (κ1) is 19.6. The van der Waals surface area contributed by atoms with E-state index in [-0.39, 0.29) is 21.6 Å². The normalized spacial score (nSPS) is 10.9. The number of thiocarbonyl (C=S) groups is 1. The molecule has 0 unspecified atom stereocenters. The molecule has 0 aliphatic rings. The molecule has 1 aromatic heterocycles. The fraction of sp³-hybridized carbons (Fsp3) is 0. The zero-order valence-electron chi connectivity index (χ0n) is 14.1. The highest BCUT2D eigenvalue weighted by Crippen LogP contribution is 2.17. The van der Waals surface area contributed by atoms with Crippen LogP contribution < -0.4 is 15.4 Å². The first-order valence-corrected chi connectivity index (χ1v) is 9.65. The molecule has 0 aliphatic carbocycles. The topological polar surface area (TPSA) is 96.0 Å². The zero-order chi connectivity index (χ0) is 20.1. The number of aromatic nitrogens is 2. The molecule has 0 atom stereocenters. The van der Waals surface area contributed by atoms with Crippen LogP contribution in [0.4, 0.5) is 26.1 Å². The second-order valence-corrected chi connectivity index (χ2v) is 7.50. The third-order valence-corrected chi connectivity index (χ3v) is 4.94. The maximum Gasteiger partial charge on any atom is 0.264 e. The molecule has 11 heteroatoms. The summed E-state index contributed by atoms with van der Waals surface area (Å²) < 4.78 is 53.1. The molecule has 3 rings (SSSR count).